The molecule has 5 N–H and O–H groups in total. The average molecular weight is 413 g/mol. The van der Waals surface area contributed by atoms with E-state index in [1.807, 2.05) is 54.9 Å². The second-order valence-corrected chi connectivity index (χ2v) is 7.31. The monoisotopic (exact) mass is 413 g/mol. The zero-order chi connectivity index (χ0) is 21.4. The number of rotatable bonds is 6. The summed E-state index contributed by atoms with van der Waals surface area (Å²) in [5.41, 5.74) is 9.95. The lowest BCUT2D eigenvalue weighted by Crippen LogP contribution is -2.11. The van der Waals surface area contributed by atoms with E-state index in [0.29, 0.717) is 6.54 Å². The number of nitrogens with zero attached hydrogens (tertiary/aromatic N) is 3. The minimum Gasteiger partial charge on any atom is -0.378 e. The Kier molecular flexibility index (Phi) is 4.47. The first kappa shape index (κ1) is 18.6. The number of nitro groups is 1. The molecule has 0 atom stereocenters. The molecule has 0 aliphatic carbocycles. The van der Waals surface area contributed by atoms with E-state index in [-0.39, 0.29) is 29.6 Å². The summed E-state index contributed by atoms with van der Waals surface area (Å²) in [4.78, 5) is 25.9. The fourth-order valence-electron chi connectivity index (χ4n) is 3.72. The van der Waals surface area contributed by atoms with Crippen molar-refractivity contribution in [2.24, 2.45) is 0 Å². The SMILES string of the molecule is Nc1nc(NCc2ccc3[nH]ccc3c2)nc(Cc2ccc3[nH]ccc3c2)c1[N+](=O)[O-]. The summed E-state index contributed by atoms with van der Waals surface area (Å²) >= 11 is 0. The number of fused-ring (bicyclic) bond motifs is 2. The van der Waals surface area contributed by atoms with Gasteiger partial charge in [0.25, 0.3) is 0 Å². The summed E-state index contributed by atoms with van der Waals surface area (Å²) in [5, 5.41) is 16.9. The second kappa shape index (κ2) is 7.45. The number of aromatic amines is 2. The van der Waals surface area contributed by atoms with E-state index in [1.54, 1.807) is 0 Å². The van der Waals surface area contributed by atoms with Gasteiger partial charge in [0.1, 0.15) is 5.69 Å². The maximum atomic E-state index is 11.6. The molecule has 2 aromatic carbocycles. The molecule has 0 radical (unpaired) electrons. The van der Waals surface area contributed by atoms with Gasteiger partial charge in [-0.15, -0.1) is 0 Å². The number of anilines is 2. The van der Waals surface area contributed by atoms with Crippen LogP contribution >= 0.6 is 0 Å². The number of hydrogen-bond donors (Lipinski definition) is 4. The smallest absolute Gasteiger partial charge is 0.332 e. The van der Waals surface area contributed by atoms with Crippen LogP contribution in [0.25, 0.3) is 21.8 Å². The first-order chi connectivity index (χ1) is 15.1. The van der Waals surface area contributed by atoms with Crippen LogP contribution in [-0.2, 0) is 13.0 Å². The normalized spacial score (nSPS) is 11.2. The summed E-state index contributed by atoms with van der Waals surface area (Å²) in [5.74, 6) is 0.108. The van der Waals surface area contributed by atoms with Crippen molar-refractivity contribution in [3.05, 3.63) is 87.9 Å². The Hall–Kier alpha value is -4.40. The lowest BCUT2D eigenvalue weighted by atomic mass is 10.1. The average Bonchev–Trinajstić information content (AvgIpc) is 3.40. The summed E-state index contributed by atoms with van der Waals surface area (Å²) in [7, 11) is 0. The van der Waals surface area contributed by atoms with Gasteiger partial charge in [0.05, 0.1) is 4.92 Å². The van der Waals surface area contributed by atoms with E-state index in [2.05, 4.69) is 31.3 Å². The van der Waals surface area contributed by atoms with Gasteiger partial charge in [0.15, 0.2) is 0 Å². The minimum atomic E-state index is -0.525. The van der Waals surface area contributed by atoms with E-state index < -0.39 is 4.92 Å². The molecule has 0 unspecified atom stereocenters. The molecule has 0 bridgehead atoms. The third kappa shape index (κ3) is 3.64. The Morgan fingerprint density at radius 1 is 0.935 bits per heavy atom. The lowest BCUT2D eigenvalue weighted by molar-refractivity contribution is -0.385. The fourth-order valence-corrected chi connectivity index (χ4v) is 3.72. The van der Waals surface area contributed by atoms with Crippen molar-refractivity contribution in [1.82, 2.24) is 19.9 Å². The summed E-state index contributed by atoms with van der Waals surface area (Å²) in [6, 6.07) is 15.8. The van der Waals surface area contributed by atoms with E-state index in [1.165, 1.54) is 0 Å². The summed E-state index contributed by atoms with van der Waals surface area (Å²) < 4.78 is 0. The third-order valence-electron chi connectivity index (χ3n) is 5.22. The van der Waals surface area contributed by atoms with Gasteiger partial charge >= 0.3 is 5.69 Å². The minimum absolute atomic E-state index is 0.152. The standard InChI is InChI=1S/C22H19N7O2/c23-21-20(29(30)31)19(11-13-1-3-17-15(9-13)5-7-24-17)27-22(28-21)26-12-14-2-4-18-16(10-14)6-8-25-18/h1-10,24-25H,11-12H2,(H3,23,26,27,28). The van der Waals surface area contributed by atoms with Crippen LogP contribution in [0, 0.1) is 10.1 Å². The Bertz CT molecular complexity index is 1420. The van der Waals surface area contributed by atoms with Gasteiger partial charge < -0.3 is 21.0 Å². The van der Waals surface area contributed by atoms with E-state index in [9.17, 15) is 10.1 Å². The van der Waals surface area contributed by atoms with Crippen molar-refractivity contribution in [1.29, 1.82) is 0 Å². The van der Waals surface area contributed by atoms with Crippen LogP contribution < -0.4 is 11.1 Å². The van der Waals surface area contributed by atoms with Gasteiger partial charge in [-0.3, -0.25) is 10.1 Å². The van der Waals surface area contributed by atoms with Gasteiger partial charge in [-0.2, -0.15) is 4.98 Å². The van der Waals surface area contributed by atoms with Gasteiger partial charge in [-0.05, 0) is 58.3 Å². The number of nitrogen functional groups attached to an aromatic ring is 1. The molecule has 154 valence electrons. The molecule has 9 nitrogen and oxygen atoms in total. The highest BCUT2D eigenvalue weighted by Crippen LogP contribution is 2.28. The maximum Gasteiger partial charge on any atom is 0.332 e. The molecular formula is C22H19N7O2. The molecule has 5 rings (SSSR count). The topological polar surface area (TPSA) is 139 Å². The van der Waals surface area contributed by atoms with Gasteiger partial charge in [-0.25, -0.2) is 4.98 Å². The molecule has 0 aliphatic rings. The predicted molar refractivity (Wildman–Crippen MR) is 120 cm³/mol. The van der Waals surface area contributed by atoms with Crippen molar-refractivity contribution in [3.63, 3.8) is 0 Å². The van der Waals surface area contributed by atoms with Crippen molar-refractivity contribution in [2.45, 2.75) is 13.0 Å². The second-order valence-electron chi connectivity index (χ2n) is 7.31. The number of benzene rings is 2. The Labute approximate surface area is 176 Å². The van der Waals surface area contributed by atoms with Crippen molar-refractivity contribution >= 4 is 39.3 Å². The van der Waals surface area contributed by atoms with Crippen LogP contribution in [0.5, 0.6) is 0 Å². The Balaban J connectivity index is 1.43. The van der Waals surface area contributed by atoms with Crippen molar-refractivity contribution in [3.8, 4) is 0 Å². The molecule has 3 aromatic heterocycles. The van der Waals surface area contributed by atoms with E-state index >= 15 is 0 Å². The van der Waals surface area contributed by atoms with Crippen molar-refractivity contribution < 1.29 is 4.92 Å². The van der Waals surface area contributed by atoms with Gasteiger partial charge in [0.2, 0.25) is 11.8 Å². The molecule has 0 fully saturated rings. The number of aromatic nitrogens is 4. The van der Waals surface area contributed by atoms with Crippen LogP contribution in [0.15, 0.2) is 60.9 Å². The Morgan fingerprint density at radius 3 is 2.26 bits per heavy atom. The summed E-state index contributed by atoms with van der Waals surface area (Å²) in [6.45, 7) is 0.465. The first-order valence-electron chi connectivity index (χ1n) is 9.73. The van der Waals surface area contributed by atoms with Gasteiger partial charge in [0, 0.05) is 36.4 Å². The molecule has 9 heteroatoms. The molecule has 0 aliphatic heterocycles. The lowest BCUT2D eigenvalue weighted by Gasteiger charge is -2.10. The quantitative estimate of drug-likeness (QED) is 0.244. The van der Waals surface area contributed by atoms with Crippen molar-refractivity contribution in [2.75, 3.05) is 11.1 Å². The zero-order valence-electron chi connectivity index (χ0n) is 16.4. The van der Waals surface area contributed by atoms with Crippen LogP contribution in [0.3, 0.4) is 0 Å². The summed E-state index contributed by atoms with van der Waals surface area (Å²) in [6.07, 6.45) is 4.01. The fraction of sp³-hybridized carbons (Fsp3) is 0.0909. The molecule has 0 saturated carbocycles. The number of hydrogen-bond acceptors (Lipinski definition) is 6. The van der Waals surface area contributed by atoms with Gasteiger partial charge in [-0.1, -0.05) is 12.1 Å². The van der Waals surface area contributed by atoms with E-state index in [4.69, 9.17) is 5.73 Å². The largest absolute Gasteiger partial charge is 0.378 e. The zero-order valence-corrected chi connectivity index (χ0v) is 16.4. The highest BCUT2D eigenvalue weighted by Gasteiger charge is 2.23. The third-order valence-corrected chi connectivity index (χ3v) is 5.22. The highest BCUT2D eigenvalue weighted by atomic mass is 16.6. The molecule has 0 amide bonds. The highest BCUT2D eigenvalue weighted by molar-refractivity contribution is 5.80. The number of nitrogens with two attached hydrogens (primary N) is 1. The predicted octanol–water partition coefficient (Wildman–Crippen LogP) is 4.13. The Morgan fingerprint density at radius 2 is 1.58 bits per heavy atom. The molecule has 0 spiro atoms. The molecule has 5 aromatic rings. The van der Waals surface area contributed by atoms with Crippen LogP contribution in [0.4, 0.5) is 17.5 Å². The van der Waals surface area contributed by atoms with Crippen LogP contribution in [0.1, 0.15) is 16.8 Å². The van der Waals surface area contributed by atoms with Crippen LogP contribution in [0.2, 0.25) is 0 Å². The van der Waals surface area contributed by atoms with E-state index in [0.717, 1.165) is 32.9 Å². The number of H-pyrrole nitrogens is 2. The molecule has 0 saturated heterocycles. The maximum absolute atomic E-state index is 11.6. The molecule has 3 heterocycles. The molecule has 31 heavy (non-hydrogen) atoms. The first-order valence-corrected chi connectivity index (χ1v) is 9.73. The number of nitrogens with one attached hydrogen (secondary N) is 3. The molecular weight excluding hydrogens is 394 g/mol. The van der Waals surface area contributed by atoms with Crippen LogP contribution in [-0.4, -0.2) is 24.9 Å².